The highest BCUT2D eigenvalue weighted by molar-refractivity contribution is 7.16. The number of halogens is 1. The minimum atomic E-state index is -0.269. The van der Waals surface area contributed by atoms with E-state index in [-0.39, 0.29) is 11.7 Å². The average molecular weight is 405 g/mol. The molecule has 144 valence electrons. The number of amides is 1. The molecule has 0 aliphatic heterocycles. The minimum absolute atomic E-state index is 0.265. The molecule has 2 heterocycles. The van der Waals surface area contributed by atoms with Gasteiger partial charge < -0.3 is 9.84 Å². The highest BCUT2D eigenvalue weighted by Gasteiger charge is 2.11. The zero-order valence-corrected chi connectivity index (χ0v) is 16.2. The van der Waals surface area contributed by atoms with E-state index in [1.807, 2.05) is 30.3 Å². The van der Waals surface area contributed by atoms with E-state index in [4.69, 9.17) is 4.52 Å². The Labute approximate surface area is 170 Å². The molecule has 0 saturated heterocycles. The minimum Gasteiger partial charge on any atom is -0.339 e. The van der Waals surface area contributed by atoms with Crippen LogP contribution in [0.2, 0.25) is 0 Å². The lowest BCUT2D eigenvalue weighted by Gasteiger charge is -2.06. The lowest BCUT2D eigenvalue weighted by atomic mass is 10.1. The second kappa shape index (κ2) is 8.20. The second-order valence-electron chi connectivity index (χ2n) is 6.21. The van der Waals surface area contributed by atoms with Gasteiger partial charge in [-0.25, -0.2) is 4.39 Å². The van der Waals surface area contributed by atoms with Crippen LogP contribution in [-0.2, 0) is 4.79 Å². The number of hydrogen-bond acceptors (Lipinski definition) is 5. The van der Waals surface area contributed by atoms with Gasteiger partial charge in [0.05, 0.1) is 5.69 Å². The fraction of sp³-hybridized carbons (Fsp3) is 0.0455. The summed E-state index contributed by atoms with van der Waals surface area (Å²) >= 11 is 1.52. The first kappa shape index (κ1) is 18.8. The van der Waals surface area contributed by atoms with Gasteiger partial charge in [0.2, 0.25) is 17.6 Å². The number of aryl methyl sites for hydroxylation is 1. The predicted octanol–water partition coefficient (Wildman–Crippen LogP) is 5.56. The van der Waals surface area contributed by atoms with Crippen LogP contribution in [0.4, 0.5) is 10.1 Å². The molecule has 7 heteroatoms. The van der Waals surface area contributed by atoms with Crippen LogP contribution in [0, 0.1) is 12.7 Å². The van der Waals surface area contributed by atoms with Crippen LogP contribution >= 0.6 is 11.3 Å². The molecule has 0 radical (unpaired) electrons. The number of carbonyl (C=O) groups is 1. The molecule has 0 aliphatic rings. The van der Waals surface area contributed by atoms with Crippen LogP contribution in [0.15, 0.2) is 71.3 Å². The van der Waals surface area contributed by atoms with Gasteiger partial charge in [0, 0.05) is 28.3 Å². The Morgan fingerprint density at radius 2 is 1.90 bits per heavy atom. The van der Waals surface area contributed by atoms with E-state index < -0.39 is 0 Å². The second-order valence-corrected chi connectivity index (χ2v) is 7.33. The van der Waals surface area contributed by atoms with Crippen molar-refractivity contribution in [2.24, 2.45) is 0 Å². The molecule has 0 aliphatic carbocycles. The summed E-state index contributed by atoms with van der Waals surface area (Å²) in [5, 5.41) is 6.76. The lowest BCUT2D eigenvalue weighted by molar-refractivity contribution is -0.111. The highest BCUT2D eigenvalue weighted by atomic mass is 32.1. The topological polar surface area (TPSA) is 68.0 Å². The van der Waals surface area contributed by atoms with Crippen molar-refractivity contribution in [3.63, 3.8) is 0 Å². The predicted molar refractivity (Wildman–Crippen MR) is 112 cm³/mol. The Bertz CT molecular complexity index is 1180. The molecule has 0 fully saturated rings. The zero-order chi connectivity index (χ0) is 20.2. The first-order valence-corrected chi connectivity index (χ1v) is 9.65. The van der Waals surface area contributed by atoms with E-state index in [1.54, 1.807) is 31.2 Å². The van der Waals surface area contributed by atoms with Gasteiger partial charge in [-0.2, -0.15) is 4.98 Å². The van der Waals surface area contributed by atoms with Gasteiger partial charge in [0.1, 0.15) is 5.82 Å². The van der Waals surface area contributed by atoms with Gasteiger partial charge in [-0.1, -0.05) is 29.4 Å². The monoisotopic (exact) mass is 405 g/mol. The Morgan fingerprint density at radius 3 is 2.66 bits per heavy atom. The number of anilines is 1. The summed E-state index contributed by atoms with van der Waals surface area (Å²) in [7, 11) is 0. The molecule has 0 saturated carbocycles. The number of hydrogen-bond donors (Lipinski definition) is 1. The van der Waals surface area contributed by atoms with Crippen LogP contribution in [0.1, 0.15) is 10.8 Å². The summed E-state index contributed by atoms with van der Waals surface area (Å²) in [6, 6.07) is 17.5. The third kappa shape index (κ3) is 4.47. The Morgan fingerprint density at radius 1 is 1.10 bits per heavy atom. The molecular formula is C22H16FN3O2S. The quantitative estimate of drug-likeness (QED) is 0.441. The average Bonchev–Trinajstić information content (AvgIpc) is 3.37. The number of nitrogens with one attached hydrogen (secondary N) is 1. The first-order valence-electron chi connectivity index (χ1n) is 8.83. The van der Waals surface area contributed by atoms with E-state index >= 15 is 0 Å². The largest absolute Gasteiger partial charge is 0.339 e. The zero-order valence-electron chi connectivity index (χ0n) is 15.4. The Hall–Kier alpha value is -3.58. The number of benzene rings is 2. The van der Waals surface area contributed by atoms with Crippen molar-refractivity contribution in [2.45, 2.75) is 6.92 Å². The fourth-order valence-corrected chi connectivity index (χ4v) is 3.66. The van der Waals surface area contributed by atoms with Crippen LogP contribution in [0.25, 0.3) is 27.9 Å². The molecule has 0 atom stereocenters. The first-order chi connectivity index (χ1) is 14.1. The summed E-state index contributed by atoms with van der Waals surface area (Å²) in [6.07, 6.45) is 3.21. The van der Waals surface area contributed by atoms with E-state index in [0.29, 0.717) is 23.0 Å². The van der Waals surface area contributed by atoms with Crippen molar-refractivity contribution in [1.82, 2.24) is 10.1 Å². The van der Waals surface area contributed by atoms with Gasteiger partial charge in [-0.3, -0.25) is 4.79 Å². The summed E-state index contributed by atoms with van der Waals surface area (Å²) < 4.78 is 18.1. The van der Waals surface area contributed by atoms with Gasteiger partial charge in [-0.15, -0.1) is 11.3 Å². The van der Waals surface area contributed by atoms with Crippen molar-refractivity contribution >= 4 is 29.0 Å². The summed E-state index contributed by atoms with van der Waals surface area (Å²) in [5.41, 5.74) is 2.21. The van der Waals surface area contributed by atoms with Crippen molar-refractivity contribution in [2.75, 3.05) is 5.32 Å². The number of rotatable bonds is 5. The maximum absolute atomic E-state index is 13.1. The van der Waals surface area contributed by atoms with E-state index in [0.717, 1.165) is 15.3 Å². The van der Waals surface area contributed by atoms with Crippen molar-refractivity contribution in [3.05, 3.63) is 83.3 Å². The molecule has 5 nitrogen and oxygen atoms in total. The molecule has 4 aromatic rings. The van der Waals surface area contributed by atoms with Crippen LogP contribution in [0.3, 0.4) is 0 Å². The summed E-state index contributed by atoms with van der Waals surface area (Å²) in [5.74, 6) is 0.341. The SMILES string of the molecule is Cc1nc(-c2ccccc2NC(=O)/C=C/c2ccc(-c3ccc(F)cc3)s2)no1. The number of carbonyl (C=O) groups excluding carboxylic acids is 1. The maximum atomic E-state index is 13.1. The van der Waals surface area contributed by atoms with Crippen LogP contribution in [-0.4, -0.2) is 16.0 Å². The number of thiophene rings is 1. The van der Waals surface area contributed by atoms with Crippen LogP contribution < -0.4 is 5.32 Å². The van der Waals surface area contributed by atoms with Gasteiger partial charge in [0.25, 0.3) is 0 Å². The fourth-order valence-electron chi connectivity index (χ4n) is 2.74. The van der Waals surface area contributed by atoms with Crippen molar-refractivity contribution < 1.29 is 13.7 Å². The molecule has 4 rings (SSSR count). The Balaban J connectivity index is 1.47. The standard InChI is InChI=1S/C22H16FN3O2S/c1-14-24-22(26-28-14)18-4-2-3-5-19(18)25-21(27)13-11-17-10-12-20(29-17)15-6-8-16(23)9-7-15/h2-13H,1H3,(H,25,27)/b13-11+. The lowest BCUT2D eigenvalue weighted by Crippen LogP contribution is -2.08. The number of para-hydroxylation sites is 1. The van der Waals surface area contributed by atoms with Crippen LogP contribution in [0.5, 0.6) is 0 Å². The van der Waals surface area contributed by atoms with E-state index in [9.17, 15) is 9.18 Å². The molecule has 2 aromatic heterocycles. The molecule has 0 bridgehead atoms. The summed E-state index contributed by atoms with van der Waals surface area (Å²) in [6.45, 7) is 1.71. The highest BCUT2D eigenvalue weighted by Crippen LogP contribution is 2.29. The molecule has 1 amide bonds. The summed E-state index contributed by atoms with van der Waals surface area (Å²) in [4.78, 5) is 18.5. The van der Waals surface area contributed by atoms with Gasteiger partial charge in [-0.05, 0) is 48.0 Å². The normalized spacial score (nSPS) is 11.1. The van der Waals surface area contributed by atoms with Gasteiger partial charge in [0.15, 0.2) is 0 Å². The number of nitrogens with zero attached hydrogens (tertiary/aromatic N) is 2. The molecule has 0 spiro atoms. The smallest absolute Gasteiger partial charge is 0.248 e. The molecule has 2 aromatic carbocycles. The molecule has 0 unspecified atom stereocenters. The maximum Gasteiger partial charge on any atom is 0.248 e. The number of aromatic nitrogens is 2. The van der Waals surface area contributed by atoms with Crippen molar-refractivity contribution in [3.8, 4) is 21.8 Å². The van der Waals surface area contributed by atoms with E-state index in [2.05, 4.69) is 15.5 Å². The molecule has 1 N–H and O–H groups in total. The van der Waals surface area contributed by atoms with Gasteiger partial charge >= 0.3 is 0 Å². The van der Waals surface area contributed by atoms with Crippen molar-refractivity contribution in [1.29, 1.82) is 0 Å². The molecule has 29 heavy (non-hydrogen) atoms. The third-order valence-corrected chi connectivity index (χ3v) is 5.21. The Kier molecular flexibility index (Phi) is 5.31. The molecular weight excluding hydrogens is 389 g/mol. The third-order valence-electron chi connectivity index (χ3n) is 4.11. The van der Waals surface area contributed by atoms with E-state index in [1.165, 1.54) is 29.5 Å².